The Balaban J connectivity index is 1.87. The summed E-state index contributed by atoms with van der Waals surface area (Å²) < 4.78 is 0. The molecular formula is C40H58N10O8S. The van der Waals surface area contributed by atoms with Gasteiger partial charge in [0, 0.05) is 25.8 Å². The lowest BCUT2D eigenvalue weighted by Gasteiger charge is -2.30. The summed E-state index contributed by atoms with van der Waals surface area (Å²) in [4.78, 5) is 107. The van der Waals surface area contributed by atoms with E-state index >= 15 is 0 Å². The first-order chi connectivity index (χ1) is 28.2. The summed E-state index contributed by atoms with van der Waals surface area (Å²) in [6.45, 7) is 3.52. The molecule has 6 atom stereocenters. The highest BCUT2D eigenvalue weighted by Crippen LogP contribution is 2.21. The summed E-state index contributed by atoms with van der Waals surface area (Å²) >= 11 is 1.50. The number of nitrogens with zero attached hydrogens (tertiary/aromatic N) is 1. The molecule has 59 heavy (non-hydrogen) atoms. The minimum Gasteiger partial charge on any atom is -0.370 e. The van der Waals surface area contributed by atoms with Crippen LogP contribution in [0.2, 0.25) is 0 Å². The number of nitrogens with two attached hydrogens (primary N) is 3. The molecule has 0 unspecified atom stereocenters. The van der Waals surface area contributed by atoms with Crippen LogP contribution < -0.4 is 49.3 Å². The molecule has 1 fully saturated rings. The van der Waals surface area contributed by atoms with Crippen LogP contribution in [-0.2, 0) is 51.2 Å². The molecule has 18 nitrogen and oxygen atoms in total. The summed E-state index contributed by atoms with van der Waals surface area (Å²) in [6.07, 6.45) is 2.27. The first kappa shape index (κ1) is 47.8. The van der Waals surface area contributed by atoms with Crippen molar-refractivity contribution in [3.8, 4) is 0 Å². The Labute approximate surface area is 348 Å². The van der Waals surface area contributed by atoms with Crippen molar-refractivity contribution in [1.29, 1.82) is 0 Å². The molecule has 1 aliphatic rings. The van der Waals surface area contributed by atoms with E-state index in [0.717, 1.165) is 0 Å². The van der Waals surface area contributed by atoms with Crippen LogP contribution in [0.25, 0.3) is 0 Å². The highest BCUT2D eigenvalue weighted by atomic mass is 32.2. The Morgan fingerprint density at radius 1 is 0.746 bits per heavy atom. The minimum atomic E-state index is -1.26. The average molecular weight is 839 g/mol. The van der Waals surface area contributed by atoms with E-state index in [1.54, 1.807) is 60.7 Å². The first-order valence-corrected chi connectivity index (χ1v) is 20.9. The highest BCUT2D eigenvalue weighted by Gasteiger charge is 2.41. The van der Waals surface area contributed by atoms with Crippen molar-refractivity contribution in [2.24, 2.45) is 23.2 Å². The predicted molar refractivity (Wildman–Crippen MR) is 222 cm³/mol. The van der Waals surface area contributed by atoms with Gasteiger partial charge in [0.15, 0.2) is 0 Å². The van der Waals surface area contributed by atoms with Crippen LogP contribution in [0, 0.1) is 5.92 Å². The number of thioether (sulfide) groups is 1. The van der Waals surface area contributed by atoms with Crippen molar-refractivity contribution < 1.29 is 38.4 Å². The maximum atomic E-state index is 14.2. The van der Waals surface area contributed by atoms with Crippen LogP contribution in [0.1, 0.15) is 57.1 Å². The Kier molecular flexibility index (Phi) is 19.8. The second-order valence-electron chi connectivity index (χ2n) is 14.7. The Morgan fingerprint density at radius 2 is 1.27 bits per heavy atom. The number of primary amides is 1. The van der Waals surface area contributed by atoms with Gasteiger partial charge in [0.1, 0.15) is 36.3 Å². The minimum absolute atomic E-state index is 0.00802. The third kappa shape index (κ3) is 15.6. The molecule has 3 rings (SSSR count). The molecular weight excluding hydrogens is 781 g/mol. The molecule has 322 valence electrons. The van der Waals surface area contributed by atoms with Crippen molar-refractivity contribution >= 4 is 59.0 Å². The van der Waals surface area contributed by atoms with E-state index in [-0.39, 0.29) is 51.0 Å². The van der Waals surface area contributed by atoms with E-state index in [9.17, 15) is 38.4 Å². The number of carbonyl (C=O) groups is 8. The maximum Gasteiger partial charge on any atom is 0.256 e. The van der Waals surface area contributed by atoms with Gasteiger partial charge in [-0.25, -0.2) is 5.84 Å². The lowest BCUT2D eigenvalue weighted by molar-refractivity contribution is -0.141. The Morgan fingerprint density at radius 3 is 1.78 bits per heavy atom. The van der Waals surface area contributed by atoms with Gasteiger partial charge in [0.2, 0.25) is 41.4 Å². The molecule has 1 saturated heterocycles. The number of amides is 8. The van der Waals surface area contributed by atoms with Gasteiger partial charge in [0.25, 0.3) is 5.91 Å². The summed E-state index contributed by atoms with van der Waals surface area (Å²) in [7, 11) is 0. The molecule has 0 aliphatic carbocycles. The Hall–Kier alpha value is -5.53. The number of hydrazine groups is 1. The lowest BCUT2D eigenvalue weighted by atomic mass is 10.0. The van der Waals surface area contributed by atoms with Crippen molar-refractivity contribution in [3.05, 3.63) is 71.8 Å². The molecule has 2 aromatic carbocycles. The maximum absolute atomic E-state index is 14.2. The van der Waals surface area contributed by atoms with Crippen LogP contribution in [0.3, 0.4) is 0 Å². The molecule has 0 radical (unpaired) electrons. The number of rotatable bonds is 24. The van der Waals surface area contributed by atoms with E-state index in [2.05, 4.69) is 32.0 Å². The van der Waals surface area contributed by atoms with E-state index in [0.29, 0.717) is 23.3 Å². The lowest BCUT2D eigenvalue weighted by Crippen LogP contribution is -2.59. The number of carbonyl (C=O) groups excluding carboxylic acids is 8. The normalized spacial score (nSPS) is 16.2. The van der Waals surface area contributed by atoms with Gasteiger partial charge in [-0.05, 0) is 54.7 Å². The first-order valence-electron chi connectivity index (χ1n) is 19.5. The molecule has 12 N–H and O–H groups in total. The zero-order valence-corrected chi connectivity index (χ0v) is 34.6. The molecule has 1 aliphatic heterocycles. The monoisotopic (exact) mass is 838 g/mol. The zero-order valence-electron chi connectivity index (χ0n) is 33.7. The molecule has 0 bridgehead atoms. The SMILES string of the molecule is CSCC[C@H](NC(=O)[C@H](CC(C)C)N1CC[C@@H](NC(=O)[C@H](Cc2ccccc2)NC(=O)[C@H](Cc2ccccc2)NC(=O)[C@H](CCC(N)=O)NC(=O)CN)C1=O)C(=O)NN. The van der Waals surface area contributed by atoms with E-state index in [4.69, 9.17) is 17.3 Å². The van der Waals surface area contributed by atoms with E-state index in [1.165, 1.54) is 16.7 Å². The molecule has 8 amide bonds. The van der Waals surface area contributed by atoms with Gasteiger partial charge in [-0.15, -0.1) is 0 Å². The smallest absolute Gasteiger partial charge is 0.256 e. The van der Waals surface area contributed by atoms with Crippen LogP contribution in [0.15, 0.2) is 60.7 Å². The van der Waals surface area contributed by atoms with Crippen molar-refractivity contribution in [2.45, 2.75) is 95.0 Å². The quantitative estimate of drug-likeness (QED) is 0.0334. The second kappa shape index (κ2) is 24.4. The van der Waals surface area contributed by atoms with Gasteiger partial charge in [-0.1, -0.05) is 74.5 Å². The zero-order chi connectivity index (χ0) is 43.5. The summed E-state index contributed by atoms with van der Waals surface area (Å²) in [5, 5.41) is 13.4. The number of nitrogens with one attached hydrogen (secondary N) is 6. The van der Waals surface area contributed by atoms with Crippen LogP contribution in [0.5, 0.6) is 0 Å². The number of hydrogen-bond donors (Lipinski definition) is 9. The molecule has 0 aromatic heterocycles. The molecule has 2 aromatic rings. The fourth-order valence-electron chi connectivity index (χ4n) is 6.58. The molecule has 19 heteroatoms. The van der Waals surface area contributed by atoms with Gasteiger partial charge in [-0.3, -0.25) is 43.8 Å². The van der Waals surface area contributed by atoms with E-state index < -0.39 is 90.1 Å². The third-order valence-electron chi connectivity index (χ3n) is 9.66. The second-order valence-corrected chi connectivity index (χ2v) is 15.7. The average Bonchev–Trinajstić information content (AvgIpc) is 3.57. The van der Waals surface area contributed by atoms with Crippen LogP contribution in [0.4, 0.5) is 0 Å². The van der Waals surface area contributed by atoms with Crippen molar-refractivity contribution in [2.75, 3.05) is 25.1 Å². The van der Waals surface area contributed by atoms with Gasteiger partial charge >= 0.3 is 0 Å². The largest absolute Gasteiger partial charge is 0.370 e. The van der Waals surface area contributed by atoms with E-state index in [1.807, 2.05) is 20.1 Å². The van der Waals surface area contributed by atoms with Crippen LogP contribution in [-0.4, -0.2) is 114 Å². The number of hydrogen-bond acceptors (Lipinski definition) is 11. The van der Waals surface area contributed by atoms with Crippen LogP contribution >= 0.6 is 11.8 Å². The summed E-state index contributed by atoms with van der Waals surface area (Å²) in [5.74, 6) is 0.815. The molecule has 1 heterocycles. The van der Waals surface area contributed by atoms with Crippen molar-refractivity contribution in [1.82, 2.24) is 36.9 Å². The molecule has 0 saturated carbocycles. The summed E-state index contributed by atoms with van der Waals surface area (Å²) in [5.41, 5.74) is 14.2. The Bertz CT molecular complexity index is 1750. The molecule has 0 spiro atoms. The summed E-state index contributed by atoms with van der Waals surface area (Å²) in [6, 6.07) is 11.1. The van der Waals surface area contributed by atoms with Gasteiger partial charge in [-0.2, -0.15) is 11.8 Å². The van der Waals surface area contributed by atoms with Crippen molar-refractivity contribution in [3.63, 3.8) is 0 Å². The third-order valence-corrected chi connectivity index (χ3v) is 10.3. The fourth-order valence-corrected chi connectivity index (χ4v) is 7.06. The highest BCUT2D eigenvalue weighted by molar-refractivity contribution is 7.98. The van der Waals surface area contributed by atoms with Gasteiger partial charge < -0.3 is 43.0 Å². The standard InChI is InChI=1S/C40H58N10O8S/c1-24(2)20-32(39(57)45-28(17-19-59-3)38(56)49-43)50-18-16-29(40(50)58)46-36(54)30(21-25-10-6-4-7-11-25)48-37(55)31(22-26-12-8-5-9-13-26)47-35(53)27(14-15-33(42)51)44-34(52)23-41/h4-13,24,27-32H,14-23,41,43H2,1-3H3,(H2,42,51)(H,44,52)(H,45,57)(H,46,54)(H,47,53)(H,48,55)(H,49,56)/t27-,28-,29+,30-,31-,32-/m0/s1. The number of benzene rings is 2. The fraction of sp³-hybridized carbons (Fsp3) is 0.500. The topological polar surface area (TPSA) is 290 Å². The predicted octanol–water partition coefficient (Wildman–Crippen LogP) is -1.49. The number of likely N-dealkylation sites (tertiary alicyclic amines) is 1. The van der Waals surface area contributed by atoms with Gasteiger partial charge in [0.05, 0.1) is 6.54 Å².